The van der Waals surface area contributed by atoms with Gasteiger partial charge in [-0.15, -0.1) is 0 Å². The molecule has 1 saturated carbocycles. The number of hydrogen-bond donors (Lipinski definition) is 1. The van der Waals surface area contributed by atoms with Crippen LogP contribution in [0, 0.1) is 11.8 Å². The van der Waals surface area contributed by atoms with Gasteiger partial charge < -0.3 is 9.30 Å². The molecule has 5 heteroatoms. The van der Waals surface area contributed by atoms with E-state index in [0.29, 0.717) is 30.1 Å². The third kappa shape index (κ3) is 1.48. The Bertz CT molecular complexity index is 540. The number of anilines is 1. The summed E-state index contributed by atoms with van der Waals surface area (Å²) in [5.74, 6) is 2.27. The second-order valence-corrected chi connectivity index (χ2v) is 6.40. The van der Waals surface area contributed by atoms with Crippen molar-refractivity contribution in [3.63, 3.8) is 0 Å². The highest BCUT2D eigenvalue weighted by molar-refractivity contribution is 5.41. The van der Waals surface area contributed by atoms with Gasteiger partial charge in [-0.3, -0.25) is 9.80 Å². The van der Waals surface area contributed by atoms with Crippen LogP contribution in [-0.2, 0) is 4.74 Å². The number of hydrogen-bond acceptors (Lipinski definition) is 3. The number of imidazole rings is 1. The third-order valence-electron chi connectivity index (χ3n) is 5.55. The lowest BCUT2D eigenvalue weighted by Crippen LogP contribution is -3.10. The summed E-state index contributed by atoms with van der Waals surface area (Å²) in [6, 6.07) is 0.560. The summed E-state index contributed by atoms with van der Waals surface area (Å²) in [6.07, 6.45) is 11.7. The lowest BCUT2D eigenvalue weighted by Gasteiger charge is -2.49. The lowest BCUT2D eigenvalue weighted by molar-refractivity contribution is -0.852. The molecule has 0 saturated heterocycles. The highest BCUT2D eigenvalue weighted by Gasteiger charge is 2.53. The Morgan fingerprint density at radius 1 is 1.40 bits per heavy atom. The molecule has 108 valence electrons. The first kappa shape index (κ1) is 12.4. The zero-order valence-corrected chi connectivity index (χ0v) is 12.4. The van der Waals surface area contributed by atoms with Crippen LogP contribution in [0.1, 0.15) is 25.8 Å². The summed E-state index contributed by atoms with van der Waals surface area (Å²) in [4.78, 5) is 8.39. The predicted octanol–water partition coefficient (Wildman–Crippen LogP) is 0.631. The van der Waals surface area contributed by atoms with Crippen molar-refractivity contribution in [3.05, 3.63) is 24.8 Å². The van der Waals surface area contributed by atoms with Crippen molar-refractivity contribution >= 4 is 5.95 Å². The minimum atomic E-state index is 0.386. The molecule has 6 unspecified atom stereocenters. The summed E-state index contributed by atoms with van der Waals surface area (Å²) in [5.41, 5.74) is 0. The number of aromatic nitrogens is 2. The third-order valence-corrected chi connectivity index (χ3v) is 5.55. The first-order valence-electron chi connectivity index (χ1n) is 7.58. The van der Waals surface area contributed by atoms with E-state index in [2.05, 4.69) is 47.0 Å². The van der Waals surface area contributed by atoms with Crippen LogP contribution in [0.3, 0.4) is 0 Å². The molecule has 0 aromatic carbocycles. The SMILES string of the molecule is COC1CCC2C(C1C)C1N(C=C[NH+]1C)c1nccn12. The molecule has 2 aliphatic heterocycles. The fourth-order valence-electron chi connectivity index (χ4n) is 4.60. The van der Waals surface area contributed by atoms with Crippen LogP contribution in [0.25, 0.3) is 0 Å². The fraction of sp³-hybridized carbons (Fsp3) is 0.667. The van der Waals surface area contributed by atoms with Crippen molar-refractivity contribution in [3.8, 4) is 0 Å². The van der Waals surface area contributed by atoms with Gasteiger partial charge in [0, 0.05) is 25.5 Å². The first-order valence-corrected chi connectivity index (χ1v) is 7.58. The molecule has 3 heterocycles. The number of quaternary nitrogens is 1. The molecule has 0 radical (unpaired) electrons. The van der Waals surface area contributed by atoms with E-state index >= 15 is 0 Å². The van der Waals surface area contributed by atoms with Crippen LogP contribution in [0.4, 0.5) is 5.95 Å². The van der Waals surface area contributed by atoms with E-state index in [1.165, 1.54) is 11.3 Å². The van der Waals surface area contributed by atoms with E-state index in [4.69, 9.17) is 4.74 Å². The van der Waals surface area contributed by atoms with Gasteiger partial charge >= 0.3 is 0 Å². The molecule has 5 nitrogen and oxygen atoms in total. The Hall–Kier alpha value is -1.33. The van der Waals surface area contributed by atoms with Gasteiger partial charge in [0.05, 0.1) is 25.3 Å². The molecule has 4 rings (SSSR count). The van der Waals surface area contributed by atoms with E-state index in [1.807, 2.05) is 13.3 Å². The van der Waals surface area contributed by atoms with Crippen molar-refractivity contribution in [2.75, 3.05) is 19.1 Å². The molecule has 1 aromatic heterocycles. The molecule has 0 spiro atoms. The Morgan fingerprint density at radius 2 is 2.25 bits per heavy atom. The second kappa shape index (κ2) is 4.33. The maximum absolute atomic E-state index is 5.73. The van der Waals surface area contributed by atoms with Crippen LogP contribution in [0.2, 0.25) is 0 Å². The number of nitrogens with zero attached hydrogens (tertiary/aromatic N) is 3. The van der Waals surface area contributed by atoms with Crippen molar-refractivity contribution in [1.29, 1.82) is 0 Å². The van der Waals surface area contributed by atoms with Gasteiger partial charge in [0.2, 0.25) is 5.95 Å². The Kier molecular flexibility index (Phi) is 2.69. The molecule has 1 aromatic rings. The molecule has 0 bridgehead atoms. The average molecular weight is 275 g/mol. The standard InChI is InChI=1S/C15H22N4O/c1-10-12(20-3)5-4-11-13(10)14-17(2)8-9-19(14)15-16-6-7-18(11)15/h6-14H,4-5H2,1-3H3/p+1. The minimum absolute atomic E-state index is 0.386. The summed E-state index contributed by atoms with van der Waals surface area (Å²) in [5, 5.41) is 0. The Morgan fingerprint density at radius 3 is 3.05 bits per heavy atom. The molecule has 1 N–H and O–H groups in total. The number of methoxy groups -OCH3 is 1. The van der Waals surface area contributed by atoms with Crippen LogP contribution in [-0.4, -0.2) is 36.0 Å². The molecule has 0 amide bonds. The van der Waals surface area contributed by atoms with Crippen molar-refractivity contribution in [2.45, 2.75) is 38.1 Å². The lowest BCUT2D eigenvalue weighted by atomic mass is 9.72. The monoisotopic (exact) mass is 275 g/mol. The van der Waals surface area contributed by atoms with Gasteiger partial charge in [-0.25, -0.2) is 4.98 Å². The number of ether oxygens (including phenoxy) is 1. The van der Waals surface area contributed by atoms with Gasteiger partial charge in [-0.1, -0.05) is 6.92 Å². The van der Waals surface area contributed by atoms with Crippen molar-refractivity contribution < 1.29 is 9.64 Å². The zero-order valence-electron chi connectivity index (χ0n) is 12.4. The average Bonchev–Trinajstić information content (AvgIpc) is 3.06. The largest absolute Gasteiger partial charge is 0.381 e. The van der Waals surface area contributed by atoms with Crippen LogP contribution < -0.4 is 9.80 Å². The second-order valence-electron chi connectivity index (χ2n) is 6.40. The maximum atomic E-state index is 5.73. The van der Waals surface area contributed by atoms with Crippen LogP contribution in [0.15, 0.2) is 24.8 Å². The predicted molar refractivity (Wildman–Crippen MR) is 76.2 cm³/mol. The highest BCUT2D eigenvalue weighted by Crippen LogP contribution is 2.46. The molecule has 1 fully saturated rings. The topological polar surface area (TPSA) is 34.7 Å². The number of rotatable bonds is 1. The Labute approximate surface area is 119 Å². The van der Waals surface area contributed by atoms with Gasteiger partial charge in [0.25, 0.3) is 0 Å². The molecule has 20 heavy (non-hydrogen) atoms. The zero-order chi connectivity index (χ0) is 13.9. The first-order chi connectivity index (χ1) is 9.72. The summed E-state index contributed by atoms with van der Waals surface area (Å²) in [7, 11) is 4.11. The van der Waals surface area contributed by atoms with Gasteiger partial charge in [-0.05, 0) is 18.8 Å². The highest BCUT2D eigenvalue weighted by atomic mass is 16.5. The van der Waals surface area contributed by atoms with E-state index in [-0.39, 0.29) is 0 Å². The van der Waals surface area contributed by atoms with Crippen molar-refractivity contribution in [1.82, 2.24) is 9.55 Å². The molecule has 1 aliphatic carbocycles. The van der Waals surface area contributed by atoms with Crippen molar-refractivity contribution in [2.24, 2.45) is 11.8 Å². The van der Waals surface area contributed by atoms with Crippen LogP contribution >= 0.6 is 0 Å². The summed E-state index contributed by atoms with van der Waals surface area (Å²) in [6.45, 7) is 2.36. The van der Waals surface area contributed by atoms with Gasteiger partial charge in [-0.2, -0.15) is 0 Å². The summed E-state index contributed by atoms with van der Waals surface area (Å²) < 4.78 is 8.11. The smallest absolute Gasteiger partial charge is 0.214 e. The molecular formula is C15H23N4O+. The summed E-state index contributed by atoms with van der Waals surface area (Å²) >= 11 is 0. The van der Waals surface area contributed by atoms with E-state index in [1.54, 1.807) is 0 Å². The molecule has 6 atom stereocenters. The van der Waals surface area contributed by atoms with E-state index in [9.17, 15) is 0 Å². The van der Waals surface area contributed by atoms with E-state index < -0.39 is 0 Å². The van der Waals surface area contributed by atoms with Gasteiger partial charge in [0.15, 0.2) is 6.17 Å². The van der Waals surface area contributed by atoms with Gasteiger partial charge in [0.1, 0.15) is 6.20 Å². The number of fused-ring (bicyclic) bond motifs is 6. The minimum Gasteiger partial charge on any atom is -0.381 e. The molecular weight excluding hydrogens is 252 g/mol. The quantitative estimate of drug-likeness (QED) is 0.816. The van der Waals surface area contributed by atoms with Crippen LogP contribution in [0.5, 0.6) is 0 Å². The van der Waals surface area contributed by atoms with E-state index in [0.717, 1.165) is 12.4 Å². The Balaban J connectivity index is 1.80. The number of nitrogens with one attached hydrogen (secondary N) is 1. The molecule has 3 aliphatic rings. The maximum Gasteiger partial charge on any atom is 0.214 e. The normalized spacial score (nSPS) is 42.2. The fourth-order valence-corrected chi connectivity index (χ4v) is 4.60.